The van der Waals surface area contributed by atoms with Crippen molar-refractivity contribution in [3.63, 3.8) is 0 Å². The molecule has 0 aliphatic heterocycles. The summed E-state index contributed by atoms with van der Waals surface area (Å²) in [5.74, 6) is -0.741. The summed E-state index contributed by atoms with van der Waals surface area (Å²) in [5, 5.41) is 9.10. The fourth-order valence-corrected chi connectivity index (χ4v) is 3.41. The monoisotopic (exact) mass is 394 g/mol. The number of benzene rings is 2. The third-order valence-electron chi connectivity index (χ3n) is 2.69. The number of phenols is 1. The molecule has 3 N–H and O–H groups in total. The zero-order valence-corrected chi connectivity index (χ0v) is 14.3. The van der Waals surface area contributed by atoms with Gasteiger partial charge in [-0.3, -0.25) is 10.2 Å². The average Bonchev–Trinajstić information content (AvgIpc) is 2.49. The number of amides is 1. The first kappa shape index (κ1) is 17.8. The number of hydrogen-bond donors (Lipinski definition) is 3. The SMILES string of the molecule is O=C(NNS(=O)(=O)c1cc(Cl)c(Cl)cc1Cl)c1ccc(O)cc1. The van der Waals surface area contributed by atoms with E-state index in [1.165, 1.54) is 30.3 Å². The number of nitrogens with one attached hydrogen (secondary N) is 2. The van der Waals surface area contributed by atoms with Crippen molar-refractivity contribution in [3.05, 3.63) is 57.0 Å². The fourth-order valence-electron chi connectivity index (χ4n) is 1.56. The second kappa shape index (κ2) is 6.94. The normalized spacial score (nSPS) is 11.3. The fraction of sp³-hybridized carbons (Fsp3) is 0. The molecule has 0 bridgehead atoms. The first-order chi connectivity index (χ1) is 10.7. The Labute approximate surface area is 147 Å². The van der Waals surface area contributed by atoms with Crippen molar-refractivity contribution in [3.8, 4) is 5.75 Å². The van der Waals surface area contributed by atoms with Crippen LogP contribution in [0.2, 0.25) is 15.1 Å². The van der Waals surface area contributed by atoms with Gasteiger partial charge < -0.3 is 5.11 Å². The molecule has 0 atom stereocenters. The second-order valence-corrected chi connectivity index (χ2v) is 7.18. The van der Waals surface area contributed by atoms with E-state index in [1.54, 1.807) is 0 Å². The van der Waals surface area contributed by atoms with Crippen molar-refractivity contribution >= 4 is 50.7 Å². The van der Waals surface area contributed by atoms with Crippen molar-refractivity contribution in [2.75, 3.05) is 0 Å². The molecule has 2 aromatic rings. The number of hydrazine groups is 1. The van der Waals surface area contributed by atoms with Crippen LogP contribution in [0.1, 0.15) is 10.4 Å². The zero-order chi connectivity index (χ0) is 17.2. The quantitative estimate of drug-likeness (QED) is 0.548. The molecule has 0 unspecified atom stereocenters. The number of halogens is 3. The minimum absolute atomic E-state index is 0.00121. The van der Waals surface area contributed by atoms with Gasteiger partial charge in [0.2, 0.25) is 0 Å². The topological polar surface area (TPSA) is 95.5 Å². The number of hydrogen-bond acceptors (Lipinski definition) is 4. The van der Waals surface area contributed by atoms with Crippen molar-refractivity contribution in [1.29, 1.82) is 0 Å². The van der Waals surface area contributed by atoms with Gasteiger partial charge in [0, 0.05) is 5.56 Å². The maximum atomic E-state index is 12.2. The molecule has 0 spiro atoms. The lowest BCUT2D eigenvalue weighted by molar-refractivity contribution is 0.0945. The molecule has 0 saturated heterocycles. The van der Waals surface area contributed by atoms with E-state index in [0.717, 1.165) is 6.07 Å². The van der Waals surface area contributed by atoms with Crippen LogP contribution in [0.5, 0.6) is 5.75 Å². The van der Waals surface area contributed by atoms with Gasteiger partial charge in [-0.1, -0.05) is 34.8 Å². The predicted molar refractivity (Wildman–Crippen MR) is 87.4 cm³/mol. The molecule has 1 amide bonds. The molecule has 0 aliphatic carbocycles. The maximum Gasteiger partial charge on any atom is 0.266 e. The summed E-state index contributed by atoms with van der Waals surface area (Å²) in [6.07, 6.45) is 0. The standard InChI is InChI=1S/C13H9Cl3N2O4S/c14-9-5-11(16)12(6-10(9)15)23(21,22)18-17-13(20)7-1-3-8(19)4-2-7/h1-6,18-19H,(H,17,20). The molecule has 122 valence electrons. The van der Waals surface area contributed by atoms with Gasteiger partial charge in [-0.25, -0.2) is 8.42 Å². The van der Waals surface area contributed by atoms with Crippen molar-refractivity contribution in [2.24, 2.45) is 0 Å². The molecule has 2 rings (SSSR count). The number of sulfonamides is 1. The molecule has 0 fully saturated rings. The summed E-state index contributed by atoms with van der Waals surface area (Å²) in [6, 6.07) is 7.48. The lowest BCUT2D eigenvalue weighted by Gasteiger charge is -2.10. The van der Waals surface area contributed by atoms with Gasteiger partial charge in [-0.2, -0.15) is 0 Å². The number of carbonyl (C=O) groups excluding carboxylic acids is 1. The van der Waals surface area contributed by atoms with Gasteiger partial charge in [0.25, 0.3) is 15.9 Å². The van der Waals surface area contributed by atoms with E-state index >= 15 is 0 Å². The third kappa shape index (κ3) is 4.27. The summed E-state index contributed by atoms with van der Waals surface area (Å²) < 4.78 is 24.3. The van der Waals surface area contributed by atoms with Crippen LogP contribution in [0.25, 0.3) is 0 Å². The van der Waals surface area contributed by atoms with Gasteiger partial charge in [0.15, 0.2) is 0 Å². The Morgan fingerprint density at radius 2 is 1.52 bits per heavy atom. The van der Waals surface area contributed by atoms with Crippen LogP contribution < -0.4 is 10.3 Å². The van der Waals surface area contributed by atoms with Crippen molar-refractivity contribution < 1.29 is 18.3 Å². The maximum absolute atomic E-state index is 12.2. The molecule has 0 aromatic heterocycles. The van der Waals surface area contributed by atoms with Crippen LogP contribution in [-0.4, -0.2) is 19.4 Å². The summed E-state index contributed by atoms with van der Waals surface area (Å²) in [6.45, 7) is 0. The van der Waals surface area contributed by atoms with Gasteiger partial charge in [-0.05, 0) is 36.4 Å². The Bertz CT molecular complexity index is 854. The average molecular weight is 396 g/mol. The molecule has 0 saturated carbocycles. The largest absolute Gasteiger partial charge is 0.508 e. The Morgan fingerprint density at radius 1 is 0.957 bits per heavy atom. The summed E-state index contributed by atoms with van der Waals surface area (Å²) in [7, 11) is -4.15. The van der Waals surface area contributed by atoms with Crippen LogP contribution in [0, 0.1) is 0 Å². The van der Waals surface area contributed by atoms with Gasteiger partial charge in [0.1, 0.15) is 10.6 Å². The smallest absolute Gasteiger partial charge is 0.266 e. The lowest BCUT2D eigenvalue weighted by atomic mass is 10.2. The van der Waals surface area contributed by atoms with Gasteiger partial charge in [0.05, 0.1) is 15.1 Å². The Balaban J connectivity index is 2.17. The lowest BCUT2D eigenvalue weighted by Crippen LogP contribution is -2.41. The van der Waals surface area contributed by atoms with E-state index < -0.39 is 15.9 Å². The first-order valence-electron chi connectivity index (χ1n) is 5.96. The summed E-state index contributed by atoms with van der Waals surface area (Å²) in [4.78, 5) is 13.4. The Morgan fingerprint density at radius 3 is 2.13 bits per heavy atom. The second-order valence-electron chi connectivity index (χ2n) is 4.30. The van der Waals surface area contributed by atoms with Gasteiger partial charge >= 0.3 is 0 Å². The van der Waals surface area contributed by atoms with E-state index in [-0.39, 0.29) is 31.3 Å². The number of rotatable bonds is 4. The van der Waals surface area contributed by atoms with Crippen molar-refractivity contribution in [1.82, 2.24) is 10.3 Å². The third-order valence-corrected chi connectivity index (χ3v) is 5.13. The van der Waals surface area contributed by atoms with E-state index in [9.17, 15) is 13.2 Å². The van der Waals surface area contributed by atoms with Crippen molar-refractivity contribution in [2.45, 2.75) is 4.90 Å². The minimum atomic E-state index is -4.15. The van der Waals surface area contributed by atoms with Crippen LogP contribution in [0.4, 0.5) is 0 Å². The molecule has 6 nitrogen and oxygen atoms in total. The van der Waals surface area contributed by atoms with Crippen LogP contribution in [-0.2, 0) is 10.0 Å². The van der Waals surface area contributed by atoms with Crippen LogP contribution >= 0.6 is 34.8 Å². The van der Waals surface area contributed by atoms with E-state index in [1.807, 2.05) is 10.3 Å². The molecule has 0 radical (unpaired) electrons. The van der Waals surface area contributed by atoms with E-state index in [0.29, 0.717) is 0 Å². The van der Waals surface area contributed by atoms with Gasteiger partial charge in [-0.15, -0.1) is 4.83 Å². The Kier molecular flexibility index (Phi) is 5.38. The molecular weight excluding hydrogens is 387 g/mol. The molecule has 0 heterocycles. The highest BCUT2D eigenvalue weighted by atomic mass is 35.5. The van der Waals surface area contributed by atoms with E-state index in [2.05, 4.69) is 0 Å². The zero-order valence-electron chi connectivity index (χ0n) is 11.2. The number of aromatic hydroxyl groups is 1. The molecule has 23 heavy (non-hydrogen) atoms. The number of phenolic OH excluding ortho intramolecular Hbond substituents is 1. The Hall–Kier alpha value is -1.51. The molecule has 2 aromatic carbocycles. The predicted octanol–water partition coefficient (Wildman–Crippen LogP) is 2.98. The molecule has 10 heteroatoms. The number of carbonyl (C=O) groups is 1. The van der Waals surface area contributed by atoms with Crippen LogP contribution in [0.3, 0.4) is 0 Å². The highest BCUT2D eigenvalue weighted by Gasteiger charge is 2.21. The molecular formula is C13H9Cl3N2O4S. The molecule has 0 aliphatic rings. The first-order valence-corrected chi connectivity index (χ1v) is 8.58. The highest BCUT2D eigenvalue weighted by Crippen LogP contribution is 2.31. The minimum Gasteiger partial charge on any atom is -0.508 e. The summed E-state index contributed by atoms with van der Waals surface area (Å²) in [5.41, 5.74) is 2.17. The highest BCUT2D eigenvalue weighted by molar-refractivity contribution is 7.89. The van der Waals surface area contributed by atoms with E-state index in [4.69, 9.17) is 39.9 Å². The summed E-state index contributed by atoms with van der Waals surface area (Å²) >= 11 is 17.3. The van der Waals surface area contributed by atoms with Crippen LogP contribution in [0.15, 0.2) is 41.3 Å².